The Morgan fingerprint density at radius 3 is 2.81 bits per heavy atom. The SMILES string of the molecule is Cc1nc2n(n1)C(=O)C(C(c1cccs1)N1CCc3ccccc3C1)S2. The fraction of sp³-hybridized carbons (Fsp3) is 0.316. The molecule has 5 nitrogen and oxygen atoms in total. The highest BCUT2D eigenvalue weighted by Gasteiger charge is 2.43. The van der Waals surface area contributed by atoms with Crippen LogP contribution in [0.1, 0.15) is 32.7 Å². The summed E-state index contributed by atoms with van der Waals surface area (Å²) in [4.78, 5) is 21.1. The molecular weight excluding hydrogens is 364 g/mol. The number of hydrogen-bond acceptors (Lipinski definition) is 6. The molecular formula is C19H18N4OS2. The minimum atomic E-state index is -0.200. The normalized spacial score (nSPS) is 20.8. The molecule has 2 unspecified atom stereocenters. The molecule has 26 heavy (non-hydrogen) atoms. The second-order valence-corrected chi connectivity index (χ2v) is 8.77. The molecule has 2 aromatic heterocycles. The largest absolute Gasteiger partial charge is 0.289 e. The fourth-order valence-corrected chi connectivity index (χ4v) is 6.11. The van der Waals surface area contributed by atoms with Gasteiger partial charge in [0.15, 0.2) is 5.16 Å². The average molecular weight is 383 g/mol. The van der Waals surface area contributed by atoms with E-state index >= 15 is 0 Å². The van der Waals surface area contributed by atoms with Gasteiger partial charge < -0.3 is 0 Å². The van der Waals surface area contributed by atoms with Gasteiger partial charge in [0.2, 0.25) is 0 Å². The predicted molar refractivity (Wildman–Crippen MR) is 103 cm³/mol. The minimum Gasteiger partial charge on any atom is -0.289 e. The number of carbonyl (C=O) groups is 1. The van der Waals surface area contributed by atoms with Gasteiger partial charge in [-0.15, -0.1) is 16.4 Å². The maximum absolute atomic E-state index is 13.1. The molecule has 132 valence electrons. The van der Waals surface area contributed by atoms with Crippen molar-refractivity contribution in [1.82, 2.24) is 19.7 Å². The third-order valence-electron chi connectivity index (χ3n) is 5.04. The van der Waals surface area contributed by atoms with E-state index in [9.17, 15) is 4.79 Å². The Morgan fingerprint density at radius 1 is 1.19 bits per heavy atom. The topological polar surface area (TPSA) is 51.0 Å². The van der Waals surface area contributed by atoms with Crippen molar-refractivity contribution in [3.05, 3.63) is 63.6 Å². The molecule has 0 amide bonds. The number of rotatable bonds is 3. The smallest absolute Gasteiger partial charge is 0.264 e. The van der Waals surface area contributed by atoms with Crippen LogP contribution in [0.3, 0.4) is 0 Å². The lowest BCUT2D eigenvalue weighted by Crippen LogP contribution is -2.41. The summed E-state index contributed by atoms with van der Waals surface area (Å²) in [6.07, 6.45) is 1.02. The van der Waals surface area contributed by atoms with Crippen LogP contribution in [0.15, 0.2) is 46.9 Å². The van der Waals surface area contributed by atoms with Crippen LogP contribution in [0.25, 0.3) is 0 Å². The molecule has 1 aromatic carbocycles. The van der Waals surface area contributed by atoms with Gasteiger partial charge in [0.05, 0.1) is 6.04 Å². The highest BCUT2D eigenvalue weighted by atomic mass is 32.2. The molecule has 4 heterocycles. The number of aryl methyl sites for hydroxylation is 1. The average Bonchev–Trinajstić information content (AvgIpc) is 3.36. The van der Waals surface area contributed by atoms with Crippen LogP contribution in [-0.4, -0.2) is 37.4 Å². The Kier molecular flexibility index (Phi) is 3.95. The maximum Gasteiger partial charge on any atom is 0.264 e. The summed E-state index contributed by atoms with van der Waals surface area (Å²) < 4.78 is 1.49. The van der Waals surface area contributed by atoms with Gasteiger partial charge in [0, 0.05) is 18.0 Å². The van der Waals surface area contributed by atoms with Crippen molar-refractivity contribution in [2.45, 2.75) is 36.3 Å². The molecule has 3 aromatic rings. The van der Waals surface area contributed by atoms with Gasteiger partial charge in [0.1, 0.15) is 11.1 Å². The molecule has 0 saturated carbocycles. The van der Waals surface area contributed by atoms with Crippen molar-refractivity contribution in [3.8, 4) is 0 Å². The Balaban J connectivity index is 1.50. The molecule has 0 radical (unpaired) electrons. The van der Waals surface area contributed by atoms with Crippen LogP contribution in [0.2, 0.25) is 0 Å². The highest BCUT2D eigenvalue weighted by Crippen LogP contribution is 2.43. The summed E-state index contributed by atoms with van der Waals surface area (Å²) in [6, 6.07) is 12.9. The third kappa shape index (κ3) is 2.62. The van der Waals surface area contributed by atoms with Gasteiger partial charge in [-0.1, -0.05) is 42.1 Å². The van der Waals surface area contributed by atoms with Gasteiger partial charge >= 0.3 is 0 Å². The van der Waals surface area contributed by atoms with E-state index in [1.165, 1.54) is 20.7 Å². The summed E-state index contributed by atoms with van der Waals surface area (Å²) >= 11 is 3.27. The zero-order valence-corrected chi connectivity index (χ0v) is 16.0. The Labute approximate surface area is 160 Å². The molecule has 5 rings (SSSR count). The third-order valence-corrected chi connectivity index (χ3v) is 7.17. The van der Waals surface area contributed by atoms with Gasteiger partial charge in [-0.05, 0) is 35.9 Å². The lowest BCUT2D eigenvalue weighted by molar-refractivity contribution is 0.0826. The molecule has 0 bridgehead atoms. The molecule has 2 aliphatic rings. The first-order chi connectivity index (χ1) is 12.7. The van der Waals surface area contributed by atoms with Crippen molar-refractivity contribution < 1.29 is 4.79 Å². The second kappa shape index (κ2) is 6.33. The quantitative estimate of drug-likeness (QED) is 0.693. The van der Waals surface area contributed by atoms with E-state index in [4.69, 9.17) is 0 Å². The second-order valence-electron chi connectivity index (χ2n) is 6.68. The highest BCUT2D eigenvalue weighted by molar-refractivity contribution is 8.01. The standard InChI is InChI=1S/C19H18N4OS2/c1-12-20-19-23(21-12)18(24)17(26-19)16(15-7-4-10-25-15)22-9-8-13-5-2-3-6-14(13)11-22/h2-7,10,16-17H,8-9,11H2,1H3. The van der Waals surface area contributed by atoms with Crippen LogP contribution in [0, 0.1) is 6.92 Å². The minimum absolute atomic E-state index is 0.0443. The summed E-state index contributed by atoms with van der Waals surface area (Å²) in [5.74, 6) is 0.696. The van der Waals surface area contributed by atoms with Crippen LogP contribution < -0.4 is 0 Å². The summed E-state index contributed by atoms with van der Waals surface area (Å²) in [5.41, 5.74) is 2.78. The lowest BCUT2D eigenvalue weighted by atomic mass is 9.97. The summed E-state index contributed by atoms with van der Waals surface area (Å²) in [6.45, 7) is 3.66. The molecule has 0 fully saturated rings. The van der Waals surface area contributed by atoms with E-state index in [1.807, 2.05) is 6.92 Å². The van der Waals surface area contributed by atoms with Crippen molar-refractivity contribution in [2.75, 3.05) is 6.54 Å². The van der Waals surface area contributed by atoms with Crippen molar-refractivity contribution in [3.63, 3.8) is 0 Å². The molecule has 7 heteroatoms. The zero-order chi connectivity index (χ0) is 17.7. The Morgan fingerprint density at radius 2 is 2.04 bits per heavy atom. The first kappa shape index (κ1) is 16.2. The van der Waals surface area contributed by atoms with Crippen LogP contribution in [-0.2, 0) is 13.0 Å². The molecule has 2 aliphatic heterocycles. The van der Waals surface area contributed by atoms with Gasteiger partial charge in [0.25, 0.3) is 5.91 Å². The number of benzene rings is 1. The van der Waals surface area contributed by atoms with E-state index in [0.29, 0.717) is 5.82 Å². The van der Waals surface area contributed by atoms with Crippen molar-refractivity contribution in [1.29, 1.82) is 0 Å². The molecule has 0 spiro atoms. The summed E-state index contributed by atoms with van der Waals surface area (Å²) in [5, 5.41) is 6.90. The molecule has 0 aliphatic carbocycles. The van der Waals surface area contributed by atoms with Crippen LogP contribution in [0.5, 0.6) is 0 Å². The number of nitrogens with zero attached hydrogens (tertiary/aromatic N) is 4. The first-order valence-corrected chi connectivity index (χ1v) is 10.5. The van der Waals surface area contributed by atoms with E-state index in [2.05, 4.69) is 56.8 Å². The van der Waals surface area contributed by atoms with E-state index in [1.54, 1.807) is 23.1 Å². The monoisotopic (exact) mass is 382 g/mol. The molecule has 0 saturated heterocycles. The number of thioether (sulfide) groups is 1. The lowest BCUT2D eigenvalue weighted by Gasteiger charge is -2.37. The van der Waals surface area contributed by atoms with Gasteiger partial charge in [-0.2, -0.15) is 4.68 Å². The fourth-order valence-electron chi connectivity index (χ4n) is 3.83. The van der Waals surface area contributed by atoms with Gasteiger partial charge in [-0.25, -0.2) is 4.98 Å². The van der Waals surface area contributed by atoms with Crippen molar-refractivity contribution in [2.24, 2.45) is 0 Å². The number of hydrogen-bond donors (Lipinski definition) is 0. The number of aromatic nitrogens is 3. The van der Waals surface area contributed by atoms with Gasteiger partial charge in [-0.3, -0.25) is 9.69 Å². The molecule has 0 N–H and O–H groups in total. The zero-order valence-electron chi connectivity index (χ0n) is 14.3. The van der Waals surface area contributed by atoms with Crippen LogP contribution >= 0.6 is 23.1 Å². The summed E-state index contributed by atoms with van der Waals surface area (Å²) in [7, 11) is 0. The Bertz CT molecular complexity index is 966. The number of fused-ring (bicyclic) bond motifs is 2. The predicted octanol–water partition coefficient (Wildman–Crippen LogP) is 3.56. The van der Waals surface area contributed by atoms with Crippen LogP contribution in [0.4, 0.5) is 0 Å². The number of carbonyl (C=O) groups excluding carboxylic acids is 1. The van der Waals surface area contributed by atoms with E-state index < -0.39 is 0 Å². The van der Waals surface area contributed by atoms with E-state index in [0.717, 1.165) is 24.7 Å². The van der Waals surface area contributed by atoms with Crippen molar-refractivity contribution >= 4 is 29.0 Å². The van der Waals surface area contributed by atoms with E-state index in [-0.39, 0.29) is 17.2 Å². The maximum atomic E-state index is 13.1. The Hall–Kier alpha value is -1.96. The molecule has 2 atom stereocenters. The first-order valence-electron chi connectivity index (χ1n) is 8.69. The number of thiophene rings is 1.